The summed E-state index contributed by atoms with van der Waals surface area (Å²) < 4.78 is 0. The van der Waals surface area contributed by atoms with Crippen molar-refractivity contribution in [3.63, 3.8) is 0 Å². The van der Waals surface area contributed by atoms with Crippen LogP contribution in [0.5, 0.6) is 0 Å². The summed E-state index contributed by atoms with van der Waals surface area (Å²) in [4.78, 5) is 11.7. The largest absolute Gasteiger partial charge is 0.299 e. The predicted octanol–water partition coefficient (Wildman–Crippen LogP) is 5.13. The normalized spacial score (nSPS) is 13.7. The monoisotopic (exact) mass is 262 g/mol. The Bertz CT molecular complexity index is 335. The van der Waals surface area contributed by atoms with Crippen molar-refractivity contribution in [3.8, 4) is 0 Å². The molecule has 0 aromatic heterocycles. The van der Waals surface area contributed by atoms with Crippen molar-refractivity contribution < 1.29 is 4.79 Å². The third-order valence-electron chi connectivity index (χ3n) is 3.84. The van der Waals surface area contributed by atoms with Gasteiger partial charge in [-0.25, -0.2) is 0 Å². The highest BCUT2D eigenvalue weighted by Crippen LogP contribution is 2.20. The standard InChI is InChI=1S/C11H22O.C7H8/c1-7(2)9(5)11(12)10(6)8(3)4;1-7-5-3-2-4-6-7/h7-10H,1-6H3;2-6H,1H3. The van der Waals surface area contributed by atoms with Gasteiger partial charge in [-0.1, -0.05) is 77.4 Å². The van der Waals surface area contributed by atoms with Crippen molar-refractivity contribution in [2.24, 2.45) is 23.7 Å². The van der Waals surface area contributed by atoms with Gasteiger partial charge in [-0.2, -0.15) is 0 Å². The average Bonchev–Trinajstić information content (AvgIpc) is 2.37. The van der Waals surface area contributed by atoms with E-state index in [1.165, 1.54) is 5.56 Å². The fourth-order valence-electron chi connectivity index (χ4n) is 1.61. The Morgan fingerprint density at radius 1 is 0.789 bits per heavy atom. The number of Topliss-reactive ketones (excluding diaryl/α,β-unsaturated/α-hetero) is 1. The molecule has 2 unspecified atom stereocenters. The Labute approximate surface area is 119 Å². The van der Waals surface area contributed by atoms with Crippen LogP contribution in [0.3, 0.4) is 0 Å². The van der Waals surface area contributed by atoms with Crippen LogP contribution < -0.4 is 0 Å². The first kappa shape index (κ1) is 17.9. The molecule has 19 heavy (non-hydrogen) atoms. The molecule has 1 heteroatoms. The van der Waals surface area contributed by atoms with Crippen molar-refractivity contribution in [3.05, 3.63) is 35.9 Å². The van der Waals surface area contributed by atoms with Gasteiger partial charge in [-0.05, 0) is 18.8 Å². The first-order chi connectivity index (χ1) is 8.77. The zero-order chi connectivity index (χ0) is 15.0. The molecule has 0 spiro atoms. The van der Waals surface area contributed by atoms with Gasteiger partial charge in [0.25, 0.3) is 0 Å². The Kier molecular flexibility index (Phi) is 8.38. The molecule has 0 saturated carbocycles. The number of carbonyl (C=O) groups is 1. The Balaban J connectivity index is 0.000000388. The van der Waals surface area contributed by atoms with E-state index in [0.717, 1.165) is 0 Å². The molecule has 1 nitrogen and oxygen atoms in total. The van der Waals surface area contributed by atoms with E-state index in [1.807, 2.05) is 32.0 Å². The first-order valence-electron chi connectivity index (χ1n) is 7.32. The van der Waals surface area contributed by atoms with E-state index < -0.39 is 0 Å². The fraction of sp³-hybridized carbons (Fsp3) is 0.611. The van der Waals surface area contributed by atoms with E-state index in [2.05, 4.69) is 46.8 Å². The van der Waals surface area contributed by atoms with Gasteiger partial charge in [0.15, 0.2) is 0 Å². The summed E-state index contributed by atoms with van der Waals surface area (Å²) in [5.74, 6) is 1.78. The lowest BCUT2D eigenvalue weighted by molar-refractivity contribution is -0.128. The molecular weight excluding hydrogens is 232 g/mol. The number of hydrogen-bond acceptors (Lipinski definition) is 1. The fourth-order valence-corrected chi connectivity index (χ4v) is 1.61. The lowest BCUT2D eigenvalue weighted by Gasteiger charge is -2.21. The first-order valence-corrected chi connectivity index (χ1v) is 7.32. The topological polar surface area (TPSA) is 17.1 Å². The second-order valence-electron chi connectivity index (χ2n) is 6.12. The van der Waals surface area contributed by atoms with Gasteiger partial charge >= 0.3 is 0 Å². The van der Waals surface area contributed by atoms with Gasteiger partial charge in [0.05, 0.1) is 0 Å². The van der Waals surface area contributed by atoms with Gasteiger partial charge in [-0.3, -0.25) is 4.79 Å². The molecule has 0 aliphatic carbocycles. The Hall–Kier alpha value is -1.11. The summed E-state index contributed by atoms with van der Waals surface area (Å²) in [5.41, 5.74) is 1.32. The second-order valence-corrected chi connectivity index (χ2v) is 6.12. The average molecular weight is 262 g/mol. The van der Waals surface area contributed by atoms with Crippen molar-refractivity contribution in [1.82, 2.24) is 0 Å². The van der Waals surface area contributed by atoms with E-state index in [-0.39, 0.29) is 11.8 Å². The van der Waals surface area contributed by atoms with Gasteiger partial charge < -0.3 is 0 Å². The molecule has 0 aliphatic rings. The number of aryl methyl sites for hydroxylation is 1. The molecule has 108 valence electrons. The number of carbonyl (C=O) groups excluding carboxylic acids is 1. The summed E-state index contributed by atoms with van der Waals surface area (Å²) in [6, 6.07) is 10.3. The van der Waals surface area contributed by atoms with E-state index >= 15 is 0 Å². The van der Waals surface area contributed by atoms with Gasteiger partial charge in [0.1, 0.15) is 5.78 Å². The van der Waals surface area contributed by atoms with Gasteiger partial charge in [-0.15, -0.1) is 0 Å². The summed E-state index contributed by atoms with van der Waals surface area (Å²) in [6.45, 7) is 14.6. The maximum Gasteiger partial charge on any atom is 0.138 e. The Morgan fingerprint density at radius 2 is 1.16 bits per heavy atom. The molecule has 0 amide bonds. The second kappa shape index (κ2) is 8.90. The molecule has 0 heterocycles. The minimum absolute atomic E-state index is 0.211. The van der Waals surface area contributed by atoms with E-state index in [1.54, 1.807) is 0 Å². The van der Waals surface area contributed by atoms with E-state index in [4.69, 9.17) is 0 Å². The molecule has 0 bridgehead atoms. The molecule has 2 atom stereocenters. The molecule has 1 rings (SSSR count). The Morgan fingerprint density at radius 3 is 1.37 bits per heavy atom. The number of benzene rings is 1. The van der Waals surface area contributed by atoms with Crippen LogP contribution >= 0.6 is 0 Å². The molecular formula is C18H30O. The summed E-state index contributed by atoms with van der Waals surface area (Å²) in [7, 11) is 0. The predicted molar refractivity (Wildman–Crippen MR) is 84.2 cm³/mol. The van der Waals surface area contributed by atoms with Crippen LogP contribution in [0.4, 0.5) is 0 Å². The molecule has 0 fully saturated rings. The highest BCUT2D eigenvalue weighted by atomic mass is 16.1. The quantitative estimate of drug-likeness (QED) is 0.734. The summed E-state index contributed by atoms with van der Waals surface area (Å²) in [6.07, 6.45) is 0. The van der Waals surface area contributed by atoms with Crippen molar-refractivity contribution in [1.29, 1.82) is 0 Å². The third-order valence-corrected chi connectivity index (χ3v) is 3.84. The molecule has 1 aromatic rings. The number of hydrogen-bond donors (Lipinski definition) is 0. The minimum atomic E-state index is 0.211. The molecule has 1 aromatic carbocycles. The zero-order valence-electron chi connectivity index (χ0n) is 13.6. The van der Waals surface area contributed by atoms with Crippen LogP contribution in [0.2, 0.25) is 0 Å². The lowest BCUT2D eigenvalue weighted by atomic mass is 9.82. The van der Waals surface area contributed by atoms with Crippen LogP contribution in [0.25, 0.3) is 0 Å². The van der Waals surface area contributed by atoms with Crippen molar-refractivity contribution >= 4 is 5.78 Å². The number of ketones is 1. The SMILES string of the molecule is CC(C)C(C)C(=O)C(C)C(C)C.Cc1ccccc1. The third kappa shape index (κ3) is 7.15. The van der Waals surface area contributed by atoms with Crippen LogP contribution in [0.1, 0.15) is 47.1 Å². The van der Waals surface area contributed by atoms with Crippen molar-refractivity contribution in [2.75, 3.05) is 0 Å². The highest BCUT2D eigenvalue weighted by molar-refractivity contribution is 5.83. The minimum Gasteiger partial charge on any atom is -0.299 e. The van der Waals surface area contributed by atoms with E-state index in [0.29, 0.717) is 17.6 Å². The van der Waals surface area contributed by atoms with Crippen LogP contribution in [0.15, 0.2) is 30.3 Å². The maximum absolute atomic E-state index is 11.7. The highest BCUT2D eigenvalue weighted by Gasteiger charge is 2.24. The van der Waals surface area contributed by atoms with Gasteiger partial charge in [0, 0.05) is 11.8 Å². The molecule has 0 saturated heterocycles. The molecule has 0 aliphatic heterocycles. The van der Waals surface area contributed by atoms with Crippen molar-refractivity contribution in [2.45, 2.75) is 48.5 Å². The van der Waals surface area contributed by atoms with Crippen LogP contribution in [0, 0.1) is 30.6 Å². The van der Waals surface area contributed by atoms with Crippen LogP contribution in [-0.4, -0.2) is 5.78 Å². The summed E-state index contributed by atoms with van der Waals surface area (Å²) >= 11 is 0. The van der Waals surface area contributed by atoms with Gasteiger partial charge in [0.2, 0.25) is 0 Å². The maximum atomic E-state index is 11.7. The zero-order valence-corrected chi connectivity index (χ0v) is 13.6. The number of rotatable bonds is 4. The lowest BCUT2D eigenvalue weighted by Crippen LogP contribution is -2.26. The summed E-state index contributed by atoms with van der Waals surface area (Å²) in [5, 5.41) is 0. The molecule has 0 radical (unpaired) electrons. The van der Waals surface area contributed by atoms with E-state index in [9.17, 15) is 4.79 Å². The van der Waals surface area contributed by atoms with Crippen LogP contribution in [-0.2, 0) is 4.79 Å². The smallest absolute Gasteiger partial charge is 0.138 e. The molecule has 0 N–H and O–H groups in total.